The second-order valence-electron chi connectivity index (χ2n) is 6.05. The Kier molecular flexibility index (Phi) is 3.60. The van der Waals surface area contributed by atoms with Crippen molar-refractivity contribution in [1.29, 1.82) is 0 Å². The average Bonchev–Trinajstić information content (AvgIpc) is 2.89. The molecule has 104 valence electrons. The predicted octanol–water partition coefficient (Wildman–Crippen LogP) is -0.193. The number of hydrogen-bond acceptors (Lipinski definition) is 5. The van der Waals surface area contributed by atoms with E-state index in [1.165, 1.54) is 6.42 Å². The van der Waals surface area contributed by atoms with E-state index >= 15 is 0 Å². The van der Waals surface area contributed by atoms with Gasteiger partial charge in [-0.25, -0.2) is 0 Å². The standard InChI is InChI=1S/C7H13NO2.C6H11NO/c1-8-2-3-10-7(4-8)5-9-6-7;1-7-3-6-2-5(7)4-8-6/h2-6H2,1H3;5-6H,2-4H2,1H3. The topological polar surface area (TPSA) is 34.2 Å². The minimum Gasteiger partial charge on any atom is -0.375 e. The number of hydrogen-bond donors (Lipinski definition) is 0. The van der Waals surface area contributed by atoms with E-state index in [-0.39, 0.29) is 5.60 Å². The minimum atomic E-state index is 0.0764. The Morgan fingerprint density at radius 1 is 1.22 bits per heavy atom. The number of nitrogens with zero attached hydrogens (tertiary/aromatic N) is 2. The first-order valence-electron chi connectivity index (χ1n) is 6.89. The van der Waals surface area contributed by atoms with Crippen molar-refractivity contribution in [2.75, 3.05) is 60.2 Å². The van der Waals surface area contributed by atoms with E-state index < -0.39 is 0 Å². The molecule has 4 saturated heterocycles. The molecule has 4 heterocycles. The number of ether oxygens (including phenoxy) is 3. The summed E-state index contributed by atoms with van der Waals surface area (Å²) < 4.78 is 16.1. The Balaban J connectivity index is 0.000000114. The van der Waals surface area contributed by atoms with Crippen molar-refractivity contribution in [3.8, 4) is 0 Å². The molecule has 0 aliphatic carbocycles. The van der Waals surface area contributed by atoms with Gasteiger partial charge >= 0.3 is 0 Å². The Labute approximate surface area is 109 Å². The van der Waals surface area contributed by atoms with Gasteiger partial charge in [0.2, 0.25) is 0 Å². The Morgan fingerprint density at radius 2 is 2.06 bits per heavy atom. The van der Waals surface area contributed by atoms with Crippen LogP contribution in [0.4, 0.5) is 0 Å². The van der Waals surface area contributed by atoms with Crippen LogP contribution in [0.25, 0.3) is 0 Å². The van der Waals surface area contributed by atoms with Crippen LogP contribution in [0.1, 0.15) is 6.42 Å². The van der Waals surface area contributed by atoms with E-state index in [0.29, 0.717) is 6.10 Å². The van der Waals surface area contributed by atoms with E-state index in [9.17, 15) is 0 Å². The fourth-order valence-electron chi connectivity index (χ4n) is 3.13. The lowest BCUT2D eigenvalue weighted by molar-refractivity contribution is -0.235. The molecule has 0 aromatic carbocycles. The number of fused-ring (bicyclic) bond motifs is 2. The van der Waals surface area contributed by atoms with Crippen LogP contribution in [-0.4, -0.2) is 87.7 Å². The van der Waals surface area contributed by atoms with E-state index in [2.05, 4.69) is 23.9 Å². The Bertz CT molecular complexity index is 294. The van der Waals surface area contributed by atoms with Crippen molar-refractivity contribution >= 4 is 0 Å². The first kappa shape index (κ1) is 12.8. The highest BCUT2D eigenvalue weighted by atomic mass is 16.6. The van der Waals surface area contributed by atoms with Crippen LogP contribution in [-0.2, 0) is 14.2 Å². The Hall–Kier alpha value is -0.200. The molecule has 5 heteroatoms. The molecule has 0 aromatic rings. The van der Waals surface area contributed by atoms with Crippen LogP contribution < -0.4 is 0 Å². The molecule has 2 atom stereocenters. The van der Waals surface area contributed by atoms with E-state index in [0.717, 1.165) is 52.1 Å². The third-order valence-corrected chi connectivity index (χ3v) is 4.34. The van der Waals surface area contributed by atoms with E-state index in [4.69, 9.17) is 14.2 Å². The highest BCUT2D eigenvalue weighted by molar-refractivity contribution is 4.92. The van der Waals surface area contributed by atoms with Crippen LogP contribution in [0.2, 0.25) is 0 Å². The molecular formula is C13H24N2O3. The molecule has 0 amide bonds. The van der Waals surface area contributed by atoms with Crippen molar-refractivity contribution in [3.05, 3.63) is 0 Å². The minimum absolute atomic E-state index is 0.0764. The van der Waals surface area contributed by atoms with Gasteiger partial charge in [0.1, 0.15) is 5.60 Å². The smallest absolute Gasteiger partial charge is 0.127 e. The van der Waals surface area contributed by atoms with Gasteiger partial charge in [0.05, 0.1) is 32.5 Å². The van der Waals surface area contributed by atoms with Gasteiger partial charge in [0.15, 0.2) is 0 Å². The highest BCUT2D eigenvalue weighted by Gasteiger charge is 2.42. The molecular weight excluding hydrogens is 232 g/mol. The molecule has 5 nitrogen and oxygen atoms in total. The summed E-state index contributed by atoms with van der Waals surface area (Å²) in [7, 11) is 4.30. The molecule has 0 saturated carbocycles. The molecule has 4 aliphatic heterocycles. The molecule has 0 N–H and O–H groups in total. The lowest BCUT2D eigenvalue weighted by Crippen LogP contribution is -2.62. The molecule has 2 bridgehead atoms. The van der Waals surface area contributed by atoms with Gasteiger partial charge in [-0.05, 0) is 20.5 Å². The lowest BCUT2D eigenvalue weighted by atomic mass is 10.0. The zero-order valence-corrected chi connectivity index (χ0v) is 11.4. The van der Waals surface area contributed by atoms with E-state index in [1.807, 2.05) is 0 Å². The van der Waals surface area contributed by atoms with Gasteiger partial charge in [-0.3, -0.25) is 4.90 Å². The number of morpholine rings is 2. The summed E-state index contributed by atoms with van der Waals surface area (Å²) in [6.45, 7) is 6.66. The SMILES string of the molecule is CN1CC2CC1CO2.CN1CCOC2(COC2)C1. The van der Waals surface area contributed by atoms with Crippen LogP contribution in [0.5, 0.6) is 0 Å². The highest BCUT2D eigenvalue weighted by Crippen LogP contribution is 2.26. The predicted molar refractivity (Wildman–Crippen MR) is 67.8 cm³/mol. The summed E-state index contributed by atoms with van der Waals surface area (Å²) >= 11 is 0. The molecule has 4 aliphatic rings. The molecule has 1 spiro atoms. The van der Waals surface area contributed by atoms with Crippen LogP contribution in [0, 0.1) is 0 Å². The summed E-state index contributed by atoms with van der Waals surface area (Å²) in [5.74, 6) is 0. The largest absolute Gasteiger partial charge is 0.375 e. The second-order valence-corrected chi connectivity index (χ2v) is 6.05. The average molecular weight is 256 g/mol. The van der Waals surface area contributed by atoms with Gasteiger partial charge in [0.25, 0.3) is 0 Å². The second kappa shape index (κ2) is 5.06. The summed E-state index contributed by atoms with van der Waals surface area (Å²) in [4.78, 5) is 4.68. The maximum atomic E-state index is 5.61. The fraction of sp³-hybridized carbons (Fsp3) is 1.00. The maximum absolute atomic E-state index is 5.61. The third kappa shape index (κ3) is 2.56. The van der Waals surface area contributed by atoms with Gasteiger partial charge < -0.3 is 19.1 Å². The molecule has 0 radical (unpaired) electrons. The Morgan fingerprint density at radius 3 is 2.39 bits per heavy atom. The third-order valence-electron chi connectivity index (χ3n) is 4.34. The normalized spacial score (nSPS) is 38.3. The molecule has 0 aromatic heterocycles. The number of likely N-dealkylation sites (N-methyl/N-ethyl adjacent to an activating group) is 2. The van der Waals surface area contributed by atoms with Crippen molar-refractivity contribution < 1.29 is 14.2 Å². The van der Waals surface area contributed by atoms with Crippen molar-refractivity contribution in [1.82, 2.24) is 9.80 Å². The van der Waals surface area contributed by atoms with Gasteiger partial charge in [-0.1, -0.05) is 0 Å². The van der Waals surface area contributed by atoms with Crippen LogP contribution in [0.15, 0.2) is 0 Å². The monoisotopic (exact) mass is 256 g/mol. The first-order chi connectivity index (χ1) is 8.67. The first-order valence-corrected chi connectivity index (χ1v) is 6.89. The summed E-state index contributed by atoms with van der Waals surface area (Å²) in [5.41, 5.74) is 0.0764. The zero-order chi connectivity index (χ0) is 12.6. The van der Waals surface area contributed by atoms with Gasteiger partial charge in [0, 0.05) is 25.7 Å². The lowest BCUT2D eigenvalue weighted by Gasteiger charge is -2.46. The van der Waals surface area contributed by atoms with Gasteiger partial charge in [-0.15, -0.1) is 0 Å². The van der Waals surface area contributed by atoms with E-state index in [1.54, 1.807) is 0 Å². The van der Waals surface area contributed by atoms with Crippen LogP contribution >= 0.6 is 0 Å². The van der Waals surface area contributed by atoms with Crippen molar-refractivity contribution in [3.63, 3.8) is 0 Å². The zero-order valence-electron chi connectivity index (χ0n) is 11.4. The summed E-state index contributed by atoms with van der Waals surface area (Å²) in [6.07, 6.45) is 1.85. The fourth-order valence-corrected chi connectivity index (χ4v) is 3.13. The molecule has 4 fully saturated rings. The number of likely N-dealkylation sites (tertiary alicyclic amines) is 1. The number of rotatable bonds is 0. The van der Waals surface area contributed by atoms with Crippen molar-refractivity contribution in [2.45, 2.75) is 24.2 Å². The summed E-state index contributed by atoms with van der Waals surface area (Å²) in [6, 6.07) is 0.750. The molecule has 2 unspecified atom stereocenters. The van der Waals surface area contributed by atoms with Gasteiger partial charge in [-0.2, -0.15) is 0 Å². The quantitative estimate of drug-likeness (QED) is 0.600. The molecule has 18 heavy (non-hydrogen) atoms. The van der Waals surface area contributed by atoms with Crippen molar-refractivity contribution in [2.24, 2.45) is 0 Å². The maximum Gasteiger partial charge on any atom is 0.127 e. The summed E-state index contributed by atoms with van der Waals surface area (Å²) in [5, 5.41) is 0. The molecule has 4 rings (SSSR count). The van der Waals surface area contributed by atoms with Crippen LogP contribution in [0.3, 0.4) is 0 Å².